The van der Waals surface area contributed by atoms with Crippen LogP contribution in [0.1, 0.15) is 41.3 Å². The monoisotopic (exact) mass is 461 g/mol. The number of benzene rings is 2. The van der Waals surface area contributed by atoms with Gasteiger partial charge in [0.2, 0.25) is 0 Å². The summed E-state index contributed by atoms with van der Waals surface area (Å²) in [6, 6.07) is 10.5. The number of oxazole rings is 1. The number of hydrogen-bond acceptors (Lipinski definition) is 6. The Hall–Kier alpha value is -3.27. The van der Waals surface area contributed by atoms with E-state index >= 15 is 0 Å². The molecular formula is C23H24F3N4O3. The molecule has 1 fully saturated rings. The number of anilines is 1. The van der Waals surface area contributed by atoms with Crippen LogP contribution in [0.15, 0.2) is 34.7 Å². The fourth-order valence-corrected chi connectivity index (χ4v) is 3.99. The van der Waals surface area contributed by atoms with Crippen molar-refractivity contribution in [3.8, 4) is 5.75 Å². The van der Waals surface area contributed by atoms with Crippen molar-refractivity contribution in [2.75, 3.05) is 25.0 Å². The minimum Gasteiger partial charge on any atom is -0.493 e. The number of rotatable bonds is 7. The molecule has 1 aromatic heterocycles. The normalized spacial score (nSPS) is 15.6. The van der Waals surface area contributed by atoms with E-state index in [9.17, 15) is 18.0 Å². The van der Waals surface area contributed by atoms with E-state index in [-0.39, 0.29) is 24.0 Å². The lowest BCUT2D eigenvalue weighted by molar-refractivity contribution is -0.138. The second-order valence-electron chi connectivity index (χ2n) is 7.90. The number of nitrogens with one attached hydrogen (secondary N) is 1. The summed E-state index contributed by atoms with van der Waals surface area (Å²) in [7, 11) is 0. The number of carbonyl (C=O) groups is 1. The third-order valence-electron chi connectivity index (χ3n) is 5.57. The largest absolute Gasteiger partial charge is 0.493 e. The number of ether oxygens (including phenoxy) is 1. The van der Waals surface area contributed by atoms with Crippen LogP contribution in [0.25, 0.3) is 11.1 Å². The molecule has 3 aromatic rings. The van der Waals surface area contributed by atoms with Gasteiger partial charge in [-0.15, -0.1) is 0 Å². The van der Waals surface area contributed by atoms with E-state index in [4.69, 9.17) is 14.9 Å². The topological polar surface area (TPSA) is 93.6 Å². The minimum absolute atomic E-state index is 0.113. The van der Waals surface area contributed by atoms with Crippen LogP contribution in [0.3, 0.4) is 0 Å². The highest BCUT2D eigenvalue weighted by Gasteiger charge is 2.34. The van der Waals surface area contributed by atoms with Gasteiger partial charge in [-0.3, -0.25) is 9.69 Å². The first kappa shape index (κ1) is 22.9. The molecule has 1 radical (unpaired) electrons. The molecular weight excluding hydrogens is 437 g/mol. The molecule has 33 heavy (non-hydrogen) atoms. The van der Waals surface area contributed by atoms with Crippen LogP contribution >= 0.6 is 0 Å². The van der Waals surface area contributed by atoms with Crippen molar-refractivity contribution in [1.82, 2.24) is 9.88 Å². The van der Waals surface area contributed by atoms with Crippen LogP contribution in [0, 0.1) is 6.07 Å². The van der Waals surface area contributed by atoms with E-state index in [0.717, 1.165) is 37.6 Å². The smallest absolute Gasteiger partial charge is 0.419 e. The van der Waals surface area contributed by atoms with Crippen molar-refractivity contribution in [3.63, 3.8) is 0 Å². The number of fused-ring (bicyclic) bond motifs is 1. The van der Waals surface area contributed by atoms with Gasteiger partial charge >= 0.3 is 6.18 Å². The summed E-state index contributed by atoms with van der Waals surface area (Å²) in [5, 5.41) is 3.26. The lowest BCUT2D eigenvalue weighted by Crippen LogP contribution is -2.38. The van der Waals surface area contributed by atoms with Crippen molar-refractivity contribution in [3.05, 3.63) is 53.1 Å². The molecule has 0 atom stereocenters. The molecule has 0 unspecified atom stereocenters. The van der Waals surface area contributed by atoms with Gasteiger partial charge in [-0.2, -0.15) is 18.2 Å². The molecule has 10 heteroatoms. The summed E-state index contributed by atoms with van der Waals surface area (Å²) in [5.74, 6) is -0.757. The van der Waals surface area contributed by atoms with Crippen molar-refractivity contribution >= 4 is 23.0 Å². The number of hydrogen-bond donors (Lipinski definition) is 2. The Morgan fingerprint density at radius 1 is 1.33 bits per heavy atom. The molecule has 1 amide bonds. The number of halogens is 3. The molecule has 0 bridgehead atoms. The van der Waals surface area contributed by atoms with Gasteiger partial charge in [0.05, 0.1) is 17.7 Å². The van der Waals surface area contributed by atoms with E-state index in [1.165, 1.54) is 12.1 Å². The number of piperidine rings is 1. The number of likely N-dealkylation sites (tertiary alicyclic amines) is 1. The first-order chi connectivity index (χ1) is 15.7. The Morgan fingerprint density at radius 3 is 2.76 bits per heavy atom. The Labute approximate surface area is 188 Å². The fourth-order valence-electron chi connectivity index (χ4n) is 3.99. The number of aromatic nitrogens is 1. The summed E-state index contributed by atoms with van der Waals surface area (Å²) >= 11 is 0. The van der Waals surface area contributed by atoms with E-state index in [1.54, 1.807) is 19.1 Å². The minimum atomic E-state index is -4.45. The van der Waals surface area contributed by atoms with Crippen LogP contribution in [0.5, 0.6) is 5.75 Å². The van der Waals surface area contributed by atoms with Gasteiger partial charge in [0.15, 0.2) is 5.58 Å². The quantitative estimate of drug-likeness (QED) is 0.547. The number of nitrogens with two attached hydrogens (primary N) is 1. The maximum atomic E-state index is 13.2. The van der Waals surface area contributed by atoms with Crippen molar-refractivity contribution < 1.29 is 27.1 Å². The SMILES string of the molecule is CCOc1cc(CN2CCC(Nc3nc4c(C(N)=O)[c]ccc4o3)CC2)ccc1C(F)(F)F. The van der Waals surface area contributed by atoms with Crippen LogP contribution < -0.4 is 15.8 Å². The average molecular weight is 461 g/mol. The lowest BCUT2D eigenvalue weighted by Gasteiger charge is -2.32. The zero-order valence-electron chi connectivity index (χ0n) is 18.0. The number of carbonyl (C=O) groups excluding carboxylic acids is 1. The zero-order chi connectivity index (χ0) is 23.6. The first-order valence-corrected chi connectivity index (χ1v) is 10.7. The summed E-state index contributed by atoms with van der Waals surface area (Å²) in [6.45, 7) is 3.87. The number of primary amides is 1. The van der Waals surface area contributed by atoms with E-state index in [0.29, 0.717) is 23.7 Å². The number of alkyl halides is 3. The standard InChI is InChI=1S/C23H24F3N4O3/c1-2-32-19-12-14(6-7-17(19)23(24,25)26)13-30-10-8-15(9-11-30)28-22-29-20-16(21(27)31)4-3-5-18(20)33-22/h3,5-7,12,15H,2,8-11,13H2,1H3,(H2,27,31)(H,28,29). The van der Waals surface area contributed by atoms with Gasteiger partial charge in [-0.1, -0.05) is 6.07 Å². The highest BCUT2D eigenvalue weighted by atomic mass is 19.4. The Balaban J connectivity index is 1.37. The van der Waals surface area contributed by atoms with Crippen LogP contribution in [-0.4, -0.2) is 41.5 Å². The summed E-state index contributed by atoms with van der Waals surface area (Å²) in [6.07, 6.45) is -2.85. The van der Waals surface area contributed by atoms with E-state index < -0.39 is 17.6 Å². The summed E-state index contributed by atoms with van der Waals surface area (Å²) in [5.41, 5.74) is 6.39. The van der Waals surface area contributed by atoms with E-state index in [1.807, 2.05) is 0 Å². The molecule has 0 saturated carbocycles. The number of amides is 1. The maximum absolute atomic E-state index is 13.2. The summed E-state index contributed by atoms with van der Waals surface area (Å²) in [4.78, 5) is 18.1. The fraction of sp³-hybridized carbons (Fsp3) is 0.391. The maximum Gasteiger partial charge on any atom is 0.419 e. The highest BCUT2D eigenvalue weighted by Crippen LogP contribution is 2.37. The Kier molecular flexibility index (Phi) is 6.46. The van der Waals surface area contributed by atoms with Gasteiger partial charge < -0.3 is 20.2 Å². The average Bonchev–Trinajstić information content (AvgIpc) is 3.17. The van der Waals surface area contributed by atoms with Gasteiger partial charge in [-0.25, -0.2) is 0 Å². The van der Waals surface area contributed by atoms with Crippen LogP contribution in [0.2, 0.25) is 0 Å². The second kappa shape index (κ2) is 9.30. The zero-order valence-corrected chi connectivity index (χ0v) is 18.0. The second-order valence-corrected chi connectivity index (χ2v) is 7.90. The molecule has 0 aliphatic carbocycles. The number of nitrogens with zero attached hydrogens (tertiary/aromatic N) is 2. The molecule has 1 aliphatic heterocycles. The van der Waals surface area contributed by atoms with Gasteiger partial charge in [-0.05, 0) is 55.7 Å². The molecule has 1 aliphatic rings. The Morgan fingerprint density at radius 2 is 2.09 bits per heavy atom. The van der Waals surface area contributed by atoms with Crippen LogP contribution in [-0.2, 0) is 12.7 Å². The summed E-state index contributed by atoms with van der Waals surface area (Å²) < 4.78 is 50.5. The van der Waals surface area contributed by atoms with Gasteiger partial charge in [0, 0.05) is 25.7 Å². The molecule has 2 aromatic carbocycles. The lowest BCUT2D eigenvalue weighted by atomic mass is 10.0. The molecule has 2 heterocycles. The third kappa shape index (κ3) is 5.22. The third-order valence-corrected chi connectivity index (χ3v) is 5.57. The van der Waals surface area contributed by atoms with Gasteiger partial charge in [0.1, 0.15) is 11.3 Å². The Bertz CT molecular complexity index is 1140. The van der Waals surface area contributed by atoms with Crippen LogP contribution in [0.4, 0.5) is 19.2 Å². The molecule has 1 saturated heterocycles. The van der Waals surface area contributed by atoms with E-state index in [2.05, 4.69) is 21.3 Å². The molecule has 3 N–H and O–H groups in total. The highest BCUT2D eigenvalue weighted by molar-refractivity contribution is 6.03. The predicted molar refractivity (Wildman–Crippen MR) is 116 cm³/mol. The van der Waals surface area contributed by atoms with Crippen molar-refractivity contribution in [2.45, 2.75) is 38.5 Å². The first-order valence-electron chi connectivity index (χ1n) is 10.7. The molecule has 7 nitrogen and oxygen atoms in total. The molecule has 4 rings (SSSR count). The predicted octanol–water partition coefficient (Wildman–Crippen LogP) is 4.22. The van der Waals surface area contributed by atoms with Gasteiger partial charge in [0.25, 0.3) is 11.9 Å². The van der Waals surface area contributed by atoms with Crippen molar-refractivity contribution in [2.24, 2.45) is 5.73 Å². The molecule has 175 valence electrons. The molecule has 0 spiro atoms. The van der Waals surface area contributed by atoms with Crippen molar-refractivity contribution in [1.29, 1.82) is 0 Å².